The summed E-state index contributed by atoms with van der Waals surface area (Å²) >= 11 is 1.92. The highest BCUT2D eigenvalue weighted by atomic mass is 32.2. The Morgan fingerprint density at radius 1 is 0.348 bits per heavy atom. The van der Waals surface area contributed by atoms with Crippen molar-refractivity contribution in [1.29, 1.82) is 0 Å². The van der Waals surface area contributed by atoms with Crippen LogP contribution in [0, 0.1) is 0 Å². The van der Waals surface area contributed by atoms with Crippen LogP contribution < -0.4 is 0 Å². The van der Waals surface area contributed by atoms with Crippen LogP contribution in [-0.4, -0.2) is 0 Å². The fraction of sp³-hybridized carbons (Fsp3) is 0.0222. The maximum Gasteiger partial charge on any atom is 0.0725 e. The first-order valence-electron chi connectivity index (χ1n) is 16.0. The molecule has 0 saturated carbocycles. The summed E-state index contributed by atoms with van der Waals surface area (Å²) in [5, 5.41) is 5.33. The van der Waals surface area contributed by atoms with Crippen molar-refractivity contribution in [3.63, 3.8) is 0 Å². The first kappa shape index (κ1) is 24.9. The van der Waals surface area contributed by atoms with E-state index in [0.29, 0.717) is 0 Å². The van der Waals surface area contributed by atoms with Gasteiger partial charge >= 0.3 is 0 Å². The minimum atomic E-state index is -0.411. The van der Waals surface area contributed by atoms with Crippen molar-refractivity contribution in [2.45, 2.75) is 15.2 Å². The molecular weight excluding hydrogens is 573 g/mol. The summed E-state index contributed by atoms with van der Waals surface area (Å²) in [4.78, 5) is 2.68. The van der Waals surface area contributed by atoms with Gasteiger partial charge in [-0.2, -0.15) is 0 Å². The van der Waals surface area contributed by atoms with E-state index in [1.54, 1.807) is 0 Å². The van der Waals surface area contributed by atoms with Crippen LogP contribution in [0.2, 0.25) is 0 Å². The zero-order chi connectivity index (χ0) is 30.0. The second kappa shape index (κ2) is 8.88. The van der Waals surface area contributed by atoms with E-state index in [1.165, 1.54) is 98.1 Å². The largest absolute Gasteiger partial charge is 0.0881 e. The van der Waals surface area contributed by atoms with Gasteiger partial charge in [0.1, 0.15) is 0 Å². The van der Waals surface area contributed by atoms with Crippen LogP contribution in [0.5, 0.6) is 0 Å². The molecule has 2 aliphatic carbocycles. The van der Waals surface area contributed by atoms with E-state index < -0.39 is 5.41 Å². The monoisotopic (exact) mass is 598 g/mol. The van der Waals surface area contributed by atoms with Gasteiger partial charge in [0.25, 0.3) is 0 Å². The fourth-order valence-corrected chi connectivity index (χ4v) is 10.2. The van der Waals surface area contributed by atoms with Crippen LogP contribution in [-0.2, 0) is 5.41 Å². The highest BCUT2D eigenvalue weighted by molar-refractivity contribution is 8.00. The highest BCUT2D eigenvalue weighted by Gasteiger charge is 2.50. The topological polar surface area (TPSA) is 0 Å². The Labute approximate surface area is 272 Å². The Bertz CT molecular complexity index is 2620. The van der Waals surface area contributed by atoms with Gasteiger partial charge < -0.3 is 0 Å². The molecule has 0 N–H and O–H groups in total. The molecular formula is C45H26S. The van der Waals surface area contributed by atoms with Gasteiger partial charge in [0.2, 0.25) is 0 Å². The summed E-state index contributed by atoms with van der Waals surface area (Å²) in [5.74, 6) is 0. The molecule has 8 aromatic carbocycles. The van der Waals surface area contributed by atoms with E-state index in [0.717, 1.165) is 0 Å². The average molecular weight is 599 g/mol. The zero-order valence-corrected chi connectivity index (χ0v) is 25.7. The SMILES string of the molecule is c1ccc2c(c1)Sc1c(-c3ccc4c(c3)C3(c5ccccc5-4)c4ccccc4-c4cccc5cccc3c45)ccc3cccc-2c13. The molecule has 3 aliphatic rings. The predicted molar refractivity (Wildman–Crippen MR) is 193 cm³/mol. The van der Waals surface area contributed by atoms with E-state index in [1.807, 2.05) is 11.8 Å². The number of hydrogen-bond acceptors (Lipinski definition) is 1. The second-order valence-corrected chi connectivity index (χ2v) is 13.8. The quantitative estimate of drug-likeness (QED) is 0.181. The standard InChI is InChI=1S/C45H26S/c1-4-18-37-31(13-1)33-25-23-29(30-24-22-28-11-8-17-36-34-15-3-6-21-41(34)46-44(30)43(28)36)26-40(33)45(37)38-19-5-2-14-32(38)35-16-7-10-27-12-9-20-39(45)42(27)35/h1-26H. The van der Waals surface area contributed by atoms with Crippen LogP contribution in [0.15, 0.2) is 168 Å². The van der Waals surface area contributed by atoms with Gasteiger partial charge in [-0.1, -0.05) is 157 Å². The van der Waals surface area contributed by atoms with Gasteiger partial charge in [-0.25, -0.2) is 0 Å². The second-order valence-electron chi connectivity index (χ2n) is 12.8. The molecule has 0 radical (unpaired) electrons. The average Bonchev–Trinajstić information content (AvgIpc) is 3.41. The lowest BCUT2D eigenvalue weighted by atomic mass is 9.61. The van der Waals surface area contributed by atoms with Crippen molar-refractivity contribution < 1.29 is 0 Å². The lowest BCUT2D eigenvalue weighted by molar-refractivity contribution is 0.774. The lowest BCUT2D eigenvalue weighted by Crippen LogP contribution is -2.31. The fourth-order valence-electron chi connectivity index (χ4n) is 8.89. The molecule has 1 atom stereocenters. The Kier molecular flexibility index (Phi) is 4.80. The maximum atomic E-state index is 2.53. The lowest BCUT2D eigenvalue weighted by Gasteiger charge is -2.40. The van der Waals surface area contributed by atoms with Gasteiger partial charge in [-0.3, -0.25) is 0 Å². The van der Waals surface area contributed by atoms with Crippen LogP contribution in [0.1, 0.15) is 22.3 Å². The van der Waals surface area contributed by atoms with E-state index in [4.69, 9.17) is 0 Å². The third-order valence-corrected chi connectivity index (χ3v) is 11.9. The van der Waals surface area contributed by atoms with Gasteiger partial charge in [-0.15, -0.1) is 0 Å². The minimum absolute atomic E-state index is 0.411. The van der Waals surface area contributed by atoms with Crippen LogP contribution in [0.3, 0.4) is 0 Å². The molecule has 11 rings (SSSR count). The Morgan fingerprint density at radius 2 is 0.891 bits per heavy atom. The Balaban J connectivity index is 1.25. The Hall–Kier alpha value is -5.37. The van der Waals surface area contributed by atoms with Crippen LogP contribution >= 0.6 is 11.8 Å². The van der Waals surface area contributed by atoms with Crippen molar-refractivity contribution in [2.75, 3.05) is 0 Å². The molecule has 0 amide bonds. The van der Waals surface area contributed by atoms with Crippen molar-refractivity contribution in [2.24, 2.45) is 0 Å². The van der Waals surface area contributed by atoms with Crippen molar-refractivity contribution in [1.82, 2.24) is 0 Å². The third kappa shape index (κ3) is 2.97. The summed E-state index contributed by atoms with van der Waals surface area (Å²) in [6.45, 7) is 0. The zero-order valence-electron chi connectivity index (χ0n) is 24.9. The number of rotatable bonds is 1. The van der Waals surface area contributed by atoms with Crippen LogP contribution in [0.4, 0.5) is 0 Å². The normalized spacial score (nSPS) is 16.3. The van der Waals surface area contributed by atoms with E-state index in [9.17, 15) is 0 Å². The van der Waals surface area contributed by atoms with Crippen molar-refractivity contribution >= 4 is 33.3 Å². The van der Waals surface area contributed by atoms with E-state index in [-0.39, 0.29) is 0 Å². The first-order valence-corrected chi connectivity index (χ1v) is 16.8. The molecule has 46 heavy (non-hydrogen) atoms. The molecule has 8 aromatic rings. The molecule has 0 bridgehead atoms. The molecule has 0 nitrogen and oxygen atoms in total. The molecule has 1 heteroatoms. The summed E-state index contributed by atoms with van der Waals surface area (Å²) in [5.41, 5.74) is 15.7. The summed E-state index contributed by atoms with van der Waals surface area (Å²) in [6, 6.07) is 59.5. The first-order chi connectivity index (χ1) is 22.8. The molecule has 1 heterocycles. The molecule has 212 valence electrons. The van der Waals surface area contributed by atoms with Crippen molar-refractivity contribution in [3.05, 3.63) is 180 Å². The number of hydrogen-bond donors (Lipinski definition) is 0. The minimum Gasteiger partial charge on any atom is -0.0881 e. The molecule has 1 aliphatic heterocycles. The van der Waals surface area contributed by atoms with E-state index >= 15 is 0 Å². The van der Waals surface area contributed by atoms with Gasteiger partial charge in [0.15, 0.2) is 0 Å². The molecule has 0 aromatic heterocycles. The molecule has 1 unspecified atom stereocenters. The highest BCUT2D eigenvalue weighted by Crippen LogP contribution is 2.62. The summed E-state index contributed by atoms with van der Waals surface area (Å²) in [7, 11) is 0. The molecule has 0 saturated heterocycles. The van der Waals surface area contributed by atoms with Crippen molar-refractivity contribution in [3.8, 4) is 44.5 Å². The number of benzene rings is 8. The predicted octanol–water partition coefficient (Wildman–Crippen LogP) is 12.1. The van der Waals surface area contributed by atoms with Gasteiger partial charge in [0, 0.05) is 15.2 Å². The smallest absolute Gasteiger partial charge is 0.0725 e. The maximum absolute atomic E-state index is 2.53. The van der Waals surface area contributed by atoms with E-state index in [2.05, 4.69) is 158 Å². The third-order valence-electron chi connectivity index (χ3n) is 10.7. The van der Waals surface area contributed by atoms with Gasteiger partial charge in [0.05, 0.1) is 5.41 Å². The van der Waals surface area contributed by atoms with Gasteiger partial charge in [-0.05, 0) is 95.1 Å². The molecule has 1 spiro atoms. The summed E-state index contributed by atoms with van der Waals surface area (Å²) in [6.07, 6.45) is 0. The molecule has 0 fully saturated rings. The Morgan fingerprint density at radius 3 is 1.67 bits per heavy atom. The summed E-state index contributed by atoms with van der Waals surface area (Å²) < 4.78 is 0. The van der Waals surface area contributed by atoms with Crippen LogP contribution in [0.25, 0.3) is 66.1 Å². The number of fused-ring (bicyclic) bond motifs is 11.